The molecule has 1 aliphatic heterocycles. The van der Waals surface area contributed by atoms with E-state index in [2.05, 4.69) is 27.3 Å². The summed E-state index contributed by atoms with van der Waals surface area (Å²) in [5, 5.41) is 7.47. The molecule has 14 nitrogen and oxygen atoms in total. The third kappa shape index (κ3) is 9.36. The van der Waals surface area contributed by atoms with E-state index >= 15 is 0 Å². The van der Waals surface area contributed by atoms with Gasteiger partial charge in [-0.15, -0.1) is 6.58 Å². The van der Waals surface area contributed by atoms with Gasteiger partial charge in [0.25, 0.3) is 5.91 Å². The van der Waals surface area contributed by atoms with Crippen molar-refractivity contribution in [2.24, 2.45) is 11.3 Å². The summed E-state index contributed by atoms with van der Waals surface area (Å²) in [4.78, 5) is 69.4. The average molecular weight is 752 g/mol. The number of ether oxygens (including phenoxy) is 2. The van der Waals surface area contributed by atoms with Crippen molar-refractivity contribution in [2.75, 3.05) is 11.9 Å². The summed E-state index contributed by atoms with van der Waals surface area (Å²) in [5.41, 5.74) is -1.23. The van der Waals surface area contributed by atoms with Crippen LogP contribution in [0.2, 0.25) is 0 Å². The Morgan fingerprint density at radius 2 is 1.58 bits per heavy atom. The third-order valence-corrected chi connectivity index (χ3v) is 11.2. The predicted octanol–water partition coefficient (Wildman–Crippen LogP) is 4.48. The SMILES string of the molecule is C=C[C@@H]1C[C@]1(NC(=O)[C@@H]1C[C@@H](OC(=O)Nc2ccccc2-c2ccccc2)CN1C(=O)[C@@H](NC(=O)OC(C)(C)C)C(C)(C)C)C(=O)NS(=O)(=O)C1CC1. The highest BCUT2D eigenvalue weighted by Crippen LogP contribution is 2.45. The monoisotopic (exact) mass is 751 g/mol. The zero-order valence-corrected chi connectivity index (χ0v) is 31.7. The van der Waals surface area contributed by atoms with Crippen LogP contribution in [-0.2, 0) is 33.9 Å². The van der Waals surface area contributed by atoms with E-state index in [-0.39, 0.29) is 19.4 Å². The van der Waals surface area contributed by atoms with Crippen LogP contribution in [0.15, 0.2) is 67.3 Å². The van der Waals surface area contributed by atoms with Gasteiger partial charge in [0.1, 0.15) is 29.3 Å². The number of rotatable bonds is 11. The van der Waals surface area contributed by atoms with E-state index in [9.17, 15) is 32.4 Å². The second-order valence-corrected chi connectivity index (χ2v) is 17.9. The van der Waals surface area contributed by atoms with E-state index in [0.29, 0.717) is 18.5 Å². The van der Waals surface area contributed by atoms with E-state index in [1.54, 1.807) is 53.7 Å². The van der Waals surface area contributed by atoms with E-state index < -0.39 is 85.8 Å². The molecule has 286 valence electrons. The van der Waals surface area contributed by atoms with Crippen LogP contribution in [-0.4, -0.2) is 84.3 Å². The Bertz CT molecular complexity index is 1870. The molecule has 15 heteroatoms. The highest BCUT2D eigenvalue weighted by molar-refractivity contribution is 7.91. The number of benzene rings is 2. The van der Waals surface area contributed by atoms with Gasteiger partial charge in [0.2, 0.25) is 21.8 Å². The van der Waals surface area contributed by atoms with Crippen LogP contribution < -0.4 is 20.7 Å². The summed E-state index contributed by atoms with van der Waals surface area (Å²) >= 11 is 0. The van der Waals surface area contributed by atoms with Crippen LogP contribution in [0.25, 0.3) is 11.1 Å². The fraction of sp³-hybridized carbons (Fsp3) is 0.500. The quantitative estimate of drug-likeness (QED) is 0.240. The second-order valence-electron chi connectivity index (χ2n) is 15.9. The lowest BCUT2D eigenvalue weighted by Gasteiger charge is -2.36. The van der Waals surface area contributed by atoms with Gasteiger partial charge in [-0.2, -0.15) is 0 Å². The van der Waals surface area contributed by atoms with E-state index in [4.69, 9.17) is 9.47 Å². The first-order valence-corrected chi connectivity index (χ1v) is 19.2. The molecule has 1 saturated heterocycles. The number of nitrogens with zero attached hydrogens (tertiary/aromatic N) is 1. The van der Waals surface area contributed by atoms with Gasteiger partial charge < -0.3 is 25.0 Å². The number of alkyl carbamates (subject to hydrolysis) is 1. The van der Waals surface area contributed by atoms with Gasteiger partial charge in [0.05, 0.1) is 17.5 Å². The highest BCUT2D eigenvalue weighted by atomic mass is 32.2. The van der Waals surface area contributed by atoms with Crippen molar-refractivity contribution in [1.82, 2.24) is 20.3 Å². The maximum atomic E-state index is 14.4. The Morgan fingerprint density at radius 3 is 2.17 bits per heavy atom. The lowest BCUT2D eigenvalue weighted by atomic mass is 9.85. The molecule has 0 radical (unpaired) electrons. The zero-order chi connectivity index (χ0) is 38.9. The van der Waals surface area contributed by atoms with Gasteiger partial charge in [-0.05, 0) is 57.1 Å². The minimum atomic E-state index is -3.93. The van der Waals surface area contributed by atoms with Crippen LogP contribution in [0.4, 0.5) is 15.3 Å². The number of likely N-dealkylation sites (tertiary alicyclic amines) is 1. The molecule has 2 aliphatic carbocycles. The maximum Gasteiger partial charge on any atom is 0.411 e. The molecule has 2 aromatic carbocycles. The Kier molecular flexibility index (Phi) is 11.0. The van der Waals surface area contributed by atoms with Crippen molar-refractivity contribution < 1.29 is 41.9 Å². The molecule has 5 amide bonds. The Morgan fingerprint density at radius 1 is 0.943 bits per heavy atom. The van der Waals surface area contributed by atoms with Crippen molar-refractivity contribution in [2.45, 2.75) is 102 Å². The summed E-state index contributed by atoms with van der Waals surface area (Å²) < 4.78 is 38.7. The second kappa shape index (κ2) is 14.8. The number of nitrogens with one attached hydrogen (secondary N) is 4. The van der Waals surface area contributed by atoms with Gasteiger partial charge in [-0.1, -0.05) is 75.4 Å². The third-order valence-electron chi connectivity index (χ3n) is 9.39. The minimum Gasteiger partial charge on any atom is -0.444 e. The number of carbonyl (C=O) groups excluding carboxylic acids is 5. The number of hydrogen-bond acceptors (Lipinski definition) is 9. The first-order valence-electron chi connectivity index (χ1n) is 17.7. The Hall–Kier alpha value is -4.92. The van der Waals surface area contributed by atoms with E-state index in [1.165, 1.54) is 11.0 Å². The zero-order valence-electron chi connectivity index (χ0n) is 30.9. The molecule has 53 heavy (non-hydrogen) atoms. The topological polar surface area (TPSA) is 189 Å². The Balaban J connectivity index is 1.39. The fourth-order valence-corrected chi connectivity index (χ4v) is 7.75. The van der Waals surface area contributed by atoms with Crippen molar-refractivity contribution in [1.29, 1.82) is 0 Å². The molecule has 5 atom stereocenters. The highest BCUT2D eigenvalue weighted by Gasteiger charge is 2.62. The van der Waals surface area contributed by atoms with Gasteiger partial charge in [-0.25, -0.2) is 18.0 Å². The average Bonchev–Trinajstić information content (AvgIpc) is 3.99. The first kappa shape index (κ1) is 39.3. The van der Waals surface area contributed by atoms with Crippen LogP contribution in [0, 0.1) is 11.3 Å². The number of sulfonamides is 1. The maximum absolute atomic E-state index is 14.4. The molecule has 2 aromatic rings. The number of carbonyl (C=O) groups is 5. The van der Waals surface area contributed by atoms with Crippen molar-refractivity contribution in [3.8, 4) is 11.1 Å². The van der Waals surface area contributed by atoms with Crippen molar-refractivity contribution in [3.05, 3.63) is 67.3 Å². The number of amides is 5. The first-order chi connectivity index (χ1) is 24.7. The molecule has 5 rings (SSSR count). The van der Waals surface area contributed by atoms with Crippen LogP contribution >= 0.6 is 0 Å². The molecule has 0 spiro atoms. The summed E-state index contributed by atoms with van der Waals surface area (Å²) in [6.45, 7) is 13.8. The largest absolute Gasteiger partial charge is 0.444 e. The lowest BCUT2D eigenvalue weighted by molar-refractivity contribution is -0.143. The van der Waals surface area contributed by atoms with E-state index in [1.807, 2.05) is 42.5 Å². The molecule has 1 heterocycles. The molecular formula is C38H49N5O9S. The summed E-state index contributed by atoms with van der Waals surface area (Å²) in [6.07, 6.45) is -0.346. The summed E-state index contributed by atoms with van der Waals surface area (Å²) in [6, 6.07) is 14.2. The standard InChI is InChI=1S/C38H49N5O9S/c1-8-24-21-38(24,33(46)42-53(49,50)26-18-19-26)41-31(44)29-20-25(22-43(29)32(45)30(36(2,3)4)40-35(48)52-37(5,6)7)51-34(47)39-28-17-13-12-16-27(28)23-14-10-9-11-15-23/h8-17,24-26,29-30H,1,18-22H2,2-7H3,(H,39,47)(H,40,48)(H,41,44)(H,42,46)/t24-,25-,29+,30-,38-/m1/s1. The van der Waals surface area contributed by atoms with Gasteiger partial charge in [0.15, 0.2) is 0 Å². The minimum absolute atomic E-state index is 0.100. The molecule has 2 saturated carbocycles. The van der Waals surface area contributed by atoms with Gasteiger partial charge >= 0.3 is 12.2 Å². The molecule has 3 fully saturated rings. The van der Waals surface area contributed by atoms with Gasteiger partial charge in [0, 0.05) is 17.9 Å². The Labute approximate surface area is 310 Å². The lowest BCUT2D eigenvalue weighted by Crippen LogP contribution is -2.60. The molecule has 3 aliphatic rings. The number of para-hydroxylation sites is 1. The van der Waals surface area contributed by atoms with Crippen LogP contribution in [0.3, 0.4) is 0 Å². The molecule has 0 bridgehead atoms. The summed E-state index contributed by atoms with van der Waals surface area (Å²) in [5.74, 6) is -2.85. The van der Waals surface area contributed by atoms with E-state index in [0.717, 1.165) is 11.1 Å². The van der Waals surface area contributed by atoms with Crippen molar-refractivity contribution in [3.63, 3.8) is 0 Å². The van der Waals surface area contributed by atoms with Crippen molar-refractivity contribution >= 4 is 45.6 Å². The number of hydrogen-bond donors (Lipinski definition) is 4. The predicted molar refractivity (Wildman–Crippen MR) is 198 cm³/mol. The van der Waals surface area contributed by atoms with Crippen LogP contribution in [0.5, 0.6) is 0 Å². The molecule has 0 unspecified atom stereocenters. The van der Waals surface area contributed by atoms with Gasteiger partial charge in [-0.3, -0.25) is 24.4 Å². The number of anilines is 1. The van der Waals surface area contributed by atoms with Crippen LogP contribution in [0.1, 0.15) is 67.2 Å². The smallest absolute Gasteiger partial charge is 0.411 e. The summed E-state index contributed by atoms with van der Waals surface area (Å²) in [7, 11) is -3.93. The molecule has 4 N–H and O–H groups in total. The fourth-order valence-electron chi connectivity index (χ4n) is 6.39. The molecule has 0 aromatic heterocycles. The normalized spacial score (nSPS) is 23.2. The molecular weight excluding hydrogens is 703 g/mol.